The normalized spacial score (nSPS) is 16.8. The Balaban J connectivity index is 2.04. The Morgan fingerprint density at radius 3 is 2.90 bits per heavy atom. The lowest BCUT2D eigenvalue weighted by Gasteiger charge is -2.21. The van der Waals surface area contributed by atoms with E-state index in [9.17, 15) is 5.26 Å². The molecule has 4 N–H and O–H groups in total. The molecule has 30 heavy (non-hydrogen) atoms. The van der Waals surface area contributed by atoms with Gasteiger partial charge >= 0.3 is 0 Å². The van der Waals surface area contributed by atoms with Crippen LogP contribution in [0.3, 0.4) is 0 Å². The summed E-state index contributed by atoms with van der Waals surface area (Å²) in [6, 6.07) is 4.23. The highest BCUT2D eigenvalue weighted by Crippen LogP contribution is 2.29. The molecule has 0 spiro atoms. The second-order valence-electron chi connectivity index (χ2n) is 7.25. The van der Waals surface area contributed by atoms with E-state index in [4.69, 9.17) is 20.9 Å². The monoisotopic (exact) mass is 405 g/mol. The van der Waals surface area contributed by atoms with Crippen molar-refractivity contribution in [3.05, 3.63) is 48.4 Å². The van der Waals surface area contributed by atoms with Crippen LogP contribution in [-0.2, 0) is 0 Å². The number of nitrogens with two attached hydrogens (primary N) is 1. The highest BCUT2D eigenvalue weighted by molar-refractivity contribution is 6.22. The van der Waals surface area contributed by atoms with Gasteiger partial charge in [-0.1, -0.05) is 6.58 Å². The minimum atomic E-state index is -0.530. The van der Waals surface area contributed by atoms with Crippen LogP contribution in [-0.4, -0.2) is 46.3 Å². The summed E-state index contributed by atoms with van der Waals surface area (Å²) in [7, 11) is 0. The number of pyridine rings is 1. The molecule has 1 aliphatic heterocycles. The zero-order valence-corrected chi connectivity index (χ0v) is 17.4. The molecule has 0 aromatic carbocycles. The van der Waals surface area contributed by atoms with Gasteiger partial charge in [0.1, 0.15) is 29.0 Å². The topological polar surface area (TPSA) is 125 Å². The zero-order valence-electron chi connectivity index (χ0n) is 17.4. The van der Waals surface area contributed by atoms with Gasteiger partial charge in [-0.05, 0) is 51.9 Å². The van der Waals surface area contributed by atoms with Crippen molar-refractivity contribution < 1.29 is 4.74 Å². The largest absolute Gasteiger partial charge is 0.482 e. The van der Waals surface area contributed by atoms with Crippen molar-refractivity contribution in [3.8, 4) is 11.8 Å². The van der Waals surface area contributed by atoms with Crippen molar-refractivity contribution in [1.82, 2.24) is 14.9 Å². The van der Waals surface area contributed by atoms with Crippen LogP contribution in [0, 0.1) is 16.7 Å². The molecule has 0 bridgehead atoms. The van der Waals surface area contributed by atoms with Gasteiger partial charge in [-0.2, -0.15) is 10.4 Å². The first-order chi connectivity index (χ1) is 14.5. The second-order valence-corrected chi connectivity index (χ2v) is 7.25. The Morgan fingerprint density at radius 1 is 1.53 bits per heavy atom. The second kappa shape index (κ2) is 9.37. The molecule has 156 valence electrons. The minimum absolute atomic E-state index is 0.245. The van der Waals surface area contributed by atoms with Gasteiger partial charge in [0.15, 0.2) is 0 Å². The summed E-state index contributed by atoms with van der Waals surface area (Å²) < 4.78 is 7.63. The molecule has 8 nitrogen and oxygen atoms in total. The van der Waals surface area contributed by atoms with Crippen LogP contribution in [0.1, 0.15) is 37.8 Å². The highest BCUT2D eigenvalue weighted by Gasteiger charge is 2.19. The quantitative estimate of drug-likeness (QED) is 0.611. The number of aliphatic imine (C=N–C) groups is 1. The first-order valence-corrected chi connectivity index (χ1v) is 9.95. The number of piperidine rings is 1. The van der Waals surface area contributed by atoms with Crippen molar-refractivity contribution in [2.24, 2.45) is 10.7 Å². The molecule has 3 heterocycles. The van der Waals surface area contributed by atoms with E-state index in [1.54, 1.807) is 11.4 Å². The van der Waals surface area contributed by atoms with E-state index in [0.29, 0.717) is 16.8 Å². The predicted molar refractivity (Wildman–Crippen MR) is 119 cm³/mol. The van der Waals surface area contributed by atoms with E-state index >= 15 is 0 Å². The number of nitrogens with one attached hydrogen (secondary N) is 2. The Labute approximate surface area is 176 Å². The summed E-state index contributed by atoms with van der Waals surface area (Å²) in [5.41, 5.74) is 9.57. The van der Waals surface area contributed by atoms with Crippen LogP contribution in [0.5, 0.6) is 5.75 Å². The molecule has 1 fully saturated rings. The van der Waals surface area contributed by atoms with Gasteiger partial charge < -0.3 is 21.2 Å². The van der Waals surface area contributed by atoms with Gasteiger partial charge in [-0.15, -0.1) is 0 Å². The summed E-state index contributed by atoms with van der Waals surface area (Å²) in [6.45, 7) is 9.26. The summed E-state index contributed by atoms with van der Waals surface area (Å²) in [5.74, 6) is 0.453. The first kappa shape index (κ1) is 21.3. The highest BCUT2D eigenvalue weighted by atomic mass is 16.5. The maximum atomic E-state index is 9.46. The fourth-order valence-corrected chi connectivity index (χ4v) is 3.53. The van der Waals surface area contributed by atoms with Gasteiger partial charge in [-0.3, -0.25) is 4.99 Å². The van der Waals surface area contributed by atoms with Crippen molar-refractivity contribution >= 4 is 22.5 Å². The number of nitriles is 1. The van der Waals surface area contributed by atoms with Crippen LogP contribution in [0.2, 0.25) is 0 Å². The smallest absolute Gasteiger partial charge is 0.148 e. The number of fused-ring (bicyclic) bond motifs is 1. The molecule has 2 aromatic heterocycles. The van der Waals surface area contributed by atoms with E-state index in [2.05, 4.69) is 23.1 Å². The lowest BCUT2D eigenvalue weighted by molar-refractivity contribution is 0.289. The van der Waals surface area contributed by atoms with E-state index in [1.165, 1.54) is 18.5 Å². The number of aromatic nitrogens is 2. The van der Waals surface area contributed by atoms with Gasteiger partial charge in [0, 0.05) is 29.2 Å². The van der Waals surface area contributed by atoms with E-state index in [1.807, 2.05) is 19.2 Å². The van der Waals surface area contributed by atoms with Crippen molar-refractivity contribution in [2.45, 2.75) is 38.8 Å². The van der Waals surface area contributed by atoms with Crippen LogP contribution in [0.15, 0.2) is 42.3 Å². The zero-order chi connectivity index (χ0) is 21.7. The Morgan fingerprint density at radius 2 is 2.27 bits per heavy atom. The third-order valence-corrected chi connectivity index (χ3v) is 5.21. The van der Waals surface area contributed by atoms with Crippen molar-refractivity contribution in [3.63, 3.8) is 0 Å². The van der Waals surface area contributed by atoms with Crippen LogP contribution >= 0.6 is 0 Å². The van der Waals surface area contributed by atoms with Crippen LogP contribution < -0.4 is 15.8 Å². The maximum absolute atomic E-state index is 9.46. The fraction of sp³-hybridized carbons (Fsp3) is 0.364. The molecule has 0 radical (unpaired) electrons. The van der Waals surface area contributed by atoms with E-state index in [0.717, 1.165) is 42.8 Å². The standard InChI is InChI=1S/C22H27N7O/c1-4-20(25)15(3)30-21-9-16(13-29-22(21)17(10-23)12-27-29)19(11-24)14(2)28-18-5-7-26-8-6-18/h4,9,11-13,15,18,25-26H,1,5-8,24H2,2-3H3/b19-11+,25-20?,28-14?. The molecule has 8 heteroatoms. The van der Waals surface area contributed by atoms with Crippen molar-refractivity contribution in [2.75, 3.05) is 13.1 Å². The van der Waals surface area contributed by atoms with Crippen LogP contribution in [0.4, 0.5) is 0 Å². The maximum Gasteiger partial charge on any atom is 0.148 e. The SMILES string of the molecule is C=CC(=N)C(C)Oc1cc(/C(=C/N)C(C)=NC2CCNCC2)cn2ncc(C#N)c12. The fourth-order valence-electron chi connectivity index (χ4n) is 3.53. The van der Waals surface area contributed by atoms with Gasteiger partial charge in [0.05, 0.1) is 18.0 Å². The van der Waals surface area contributed by atoms with Crippen LogP contribution in [0.25, 0.3) is 11.1 Å². The number of rotatable bonds is 7. The van der Waals surface area contributed by atoms with Gasteiger partial charge in [0.2, 0.25) is 0 Å². The summed E-state index contributed by atoms with van der Waals surface area (Å²) in [4.78, 5) is 4.88. The molecule has 0 amide bonds. The molecular weight excluding hydrogens is 378 g/mol. The van der Waals surface area contributed by atoms with E-state index < -0.39 is 6.10 Å². The third kappa shape index (κ3) is 4.42. The molecule has 1 unspecified atom stereocenters. The molecule has 1 atom stereocenters. The molecule has 0 saturated carbocycles. The summed E-state index contributed by atoms with van der Waals surface area (Å²) >= 11 is 0. The average molecular weight is 406 g/mol. The first-order valence-electron chi connectivity index (χ1n) is 9.95. The third-order valence-electron chi connectivity index (χ3n) is 5.21. The summed E-state index contributed by atoms with van der Waals surface area (Å²) in [6.07, 6.45) is 7.74. The number of hydrogen-bond donors (Lipinski definition) is 3. The summed E-state index contributed by atoms with van der Waals surface area (Å²) in [5, 5.41) is 25.1. The minimum Gasteiger partial charge on any atom is -0.482 e. The lowest BCUT2D eigenvalue weighted by Crippen LogP contribution is -2.30. The molecule has 1 saturated heterocycles. The Kier molecular flexibility index (Phi) is 6.65. The Bertz CT molecular complexity index is 1050. The van der Waals surface area contributed by atoms with E-state index in [-0.39, 0.29) is 11.8 Å². The Hall–Kier alpha value is -3.44. The number of nitrogens with zero attached hydrogens (tertiary/aromatic N) is 4. The average Bonchev–Trinajstić information content (AvgIpc) is 3.17. The molecule has 1 aliphatic rings. The van der Waals surface area contributed by atoms with Crippen molar-refractivity contribution in [1.29, 1.82) is 10.7 Å². The predicted octanol–water partition coefficient (Wildman–Crippen LogP) is 2.69. The molecule has 2 aromatic rings. The lowest BCUT2D eigenvalue weighted by atomic mass is 10.0. The van der Waals surface area contributed by atoms with Gasteiger partial charge in [-0.25, -0.2) is 4.52 Å². The number of hydrogen-bond acceptors (Lipinski definition) is 7. The molecular formula is C22H27N7O. The number of ether oxygens (including phenoxy) is 1. The molecule has 3 rings (SSSR count). The van der Waals surface area contributed by atoms with Gasteiger partial charge in [0.25, 0.3) is 0 Å². The molecule has 0 aliphatic carbocycles. The number of allylic oxidation sites excluding steroid dienone is 1.